The van der Waals surface area contributed by atoms with Crippen LogP contribution in [0.4, 0.5) is 0 Å². The highest BCUT2D eigenvalue weighted by atomic mass is 15.1. The third-order valence-corrected chi connectivity index (χ3v) is 3.34. The molecule has 0 spiro atoms. The lowest BCUT2D eigenvalue weighted by molar-refractivity contribution is -0.512. The van der Waals surface area contributed by atoms with Crippen LogP contribution in [0.3, 0.4) is 0 Å². The minimum absolute atomic E-state index is 0.510. The summed E-state index contributed by atoms with van der Waals surface area (Å²) in [5.41, 5.74) is 2.24. The number of nitrogens with zero attached hydrogens (tertiary/aromatic N) is 1. The number of hydrogen-bond donors (Lipinski definition) is 0. The van der Waals surface area contributed by atoms with Crippen molar-refractivity contribution >= 4 is 5.71 Å². The molecule has 0 aromatic rings. The van der Waals surface area contributed by atoms with Gasteiger partial charge >= 0.3 is 0 Å². The van der Waals surface area contributed by atoms with Gasteiger partial charge in [0.05, 0.1) is 5.41 Å². The second-order valence-electron chi connectivity index (χ2n) is 4.70. The molecule has 0 N–H and O–H groups in total. The Morgan fingerprint density at radius 2 is 2.09 bits per heavy atom. The monoisotopic (exact) mass is 152 g/mol. The summed E-state index contributed by atoms with van der Waals surface area (Å²) in [6, 6.07) is 0. The molecule has 0 amide bonds. The maximum absolute atomic E-state index is 2.60. The molecule has 2 aliphatic rings. The zero-order chi connectivity index (χ0) is 8.06. The minimum Gasteiger partial charge on any atom is -0.236 e. The van der Waals surface area contributed by atoms with E-state index >= 15 is 0 Å². The predicted molar refractivity (Wildman–Crippen MR) is 47.2 cm³/mol. The van der Waals surface area contributed by atoms with Crippen molar-refractivity contribution in [2.24, 2.45) is 11.3 Å². The van der Waals surface area contributed by atoms with Gasteiger partial charge in [0.25, 0.3) is 0 Å². The van der Waals surface area contributed by atoms with Crippen molar-refractivity contribution in [1.29, 1.82) is 0 Å². The van der Waals surface area contributed by atoms with Gasteiger partial charge < -0.3 is 0 Å². The molecular formula is C10H18N+. The molecule has 1 atom stereocenters. The van der Waals surface area contributed by atoms with Gasteiger partial charge in [0.15, 0.2) is 5.71 Å². The third kappa shape index (κ3) is 0.935. The fourth-order valence-corrected chi connectivity index (χ4v) is 2.79. The Kier molecular flexibility index (Phi) is 1.39. The van der Waals surface area contributed by atoms with Crippen LogP contribution >= 0.6 is 0 Å². The highest BCUT2D eigenvalue weighted by Crippen LogP contribution is 2.35. The highest BCUT2D eigenvalue weighted by molar-refractivity contribution is 5.88. The van der Waals surface area contributed by atoms with E-state index in [0.29, 0.717) is 5.41 Å². The summed E-state index contributed by atoms with van der Waals surface area (Å²) >= 11 is 0. The zero-order valence-corrected chi connectivity index (χ0v) is 7.85. The first-order chi connectivity index (χ1) is 5.11. The maximum Gasteiger partial charge on any atom is 0.161 e. The van der Waals surface area contributed by atoms with E-state index in [0.717, 1.165) is 5.92 Å². The van der Waals surface area contributed by atoms with Crippen LogP contribution < -0.4 is 0 Å². The van der Waals surface area contributed by atoms with Crippen molar-refractivity contribution < 1.29 is 4.58 Å². The summed E-state index contributed by atoms with van der Waals surface area (Å²) in [4.78, 5) is 0. The molecule has 0 radical (unpaired) electrons. The van der Waals surface area contributed by atoms with Gasteiger partial charge in [0.2, 0.25) is 0 Å². The average molecular weight is 152 g/mol. The largest absolute Gasteiger partial charge is 0.236 e. The van der Waals surface area contributed by atoms with Gasteiger partial charge in [-0.1, -0.05) is 20.8 Å². The molecule has 0 fully saturated rings. The summed E-state index contributed by atoms with van der Waals surface area (Å²) in [5.74, 6) is 0.854. The maximum atomic E-state index is 2.60. The smallest absolute Gasteiger partial charge is 0.161 e. The van der Waals surface area contributed by atoms with E-state index in [4.69, 9.17) is 0 Å². The van der Waals surface area contributed by atoms with Crippen molar-refractivity contribution in [3.05, 3.63) is 0 Å². The molecule has 0 bridgehead atoms. The second-order valence-corrected chi connectivity index (χ2v) is 4.70. The fourth-order valence-electron chi connectivity index (χ4n) is 2.79. The standard InChI is InChI=1S/C10H18N/c1-8-4-6-11-7-5-10(2,3)9(8)11/h8H,4-7H2,1-3H3/q+1. The molecule has 2 heterocycles. The Morgan fingerprint density at radius 1 is 1.36 bits per heavy atom. The molecule has 1 heteroatoms. The Labute approximate surface area is 69.1 Å². The number of rotatable bonds is 0. The lowest BCUT2D eigenvalue weighted by Gasteiger charge is -2.16. The Morgan fingerprint density at radius 3 is 2.73 bits per heavy atom. The van der Waals surface area contributed by atoms with Gasteiger partial charge in [-0.25, -0.2) is 4.58 Å². The van der Waals surface area contributed by atoms with Crippen LogP contribution in [0.15, 0.2) is 0 Å². The van der Waals surface area contributed by atoms with Crippen LogP contribution in [0.25, 0.3) is 0 Å². The van der Waals surface area contributed by atoms with Crippen molar-refractivity contribution in [3.63, 3.8) is 0 Å². The molecule has 62 valence electrons. The predicted octanol–water partition coefficient (Wildman–Crippen LogP) is 1.91. The molecule has 0 aromatic carbocycles. The summed E-state index contributed by atoms with van der Waals surface area (Å²) in [5, 5.41) is 0. The van der Waals surface area contributed by atoms with E-state index in [-0.39, 0.29) is 0 Å². The highest BCUT2D eigenvalue weighted by Gasteiger charge is 2.45. The molecule has 0 aliphatic carbocycles. The van der Waals surface area contributed by atoms with Crippen LogP contribution in [-0.2, 0) is 0 Å². The van der Waals surface area contributed by atoms with Gasteiger partial charge in [-0.05, 0) is 0 Å². The van der Waals surface area contributed by atoms with Gasteiger partial charge in [0.1, 0.15) is 13.1 Å². The minimum atomic E-state index is 0.510. The van der Waals surface area contributed by atoms with Crippen molar-refractivity contribution in [2.45, 2.75) is 33.6 Å². The summed E-state index contributed by atoms with van der Waals surface area (Å²) < 4.78 is 2.60. The number of hydrogen-bond acceptors (Lipinski definition) is 0. The molecule has 0 aromatic heterocycles. The van der Waals surface area contributed by atoms with Crippen LogP contribution in [0.2, 0.25) is 0 Å². The first-order valence-corrected chi connectivity index (χ1v) is 4.73. The van der Waals surface area contributed by atoms with Gasteiger partial charge in [-0.3, -0.25) is 0 Å². The SMILES string of the molecule is CC1CC[N+]2=C1C(C)(C)CC2. The van der Waals surface area contributed by atoms with E-state index in [1.165, 1.54) is 25.9 Å². The molecule has 0 saturated heterocycles. The Balaban J connectivity index is 2.35. The first-order valence-electron chi connectivity index (χ1n) is 4.73. The van der Waals surface area contributed by atoms with Gasteiger partial charge in [-0.15, -0.1) is 0 Å². The summed E-state index contributed by atoms with van der Waals surface area (Å²) in [7, 11) is 0. The molecular weight excluding hydrogens is 134 g/mol. The van der Waals surface area contributed by atoms with Crippen LogP contribution in [-0.4, -0.2) is 23.4 Å². The second kappa shape index (κ2) is 2.09. The lowest BCUT2D eigenvalue weighted by Crippen LogP contribution is -2.25. The van der Waals surface area contributed by atoms with Crippen molar-refractivity contribution in [3.8, 4) is 0 Å². The van der Waals surface area contributed by atoms with E-state index in [1.807, 2.05) is 0 Å². The molecule has 11 heavy (non-hydrogen) atoms. The fraction of sp³-hybridized carbons (Fsp3) is 0.900. The van der Waals surface area contributed by atoms with Crippen molar-refractivity contribution in [1.82, 2.24) is 0 Å². The van der Waals surface area contributed by atoms with Crippen LogP contribution in [0.1, 0.15) is 33.6 Å². The van der Waals surface area contributed by atoms with Gasteiger partial charge in [0, 0.05) is 18.8 Å². The van der Waals surface area contributed by atoms with E-state index in [1.54, 1.807) is 5.71 Å². The van der Waals surface area contributed by atoms with E-state index in [2.05, 4.69) is 25.3 Å². The molecule has 0 saturated carbocycles. The summed E-state index contributed by atoms with van der Waals surface area (Å²) in [6.45, 7) is 9.79. The first kappa shape index (κ1) is 7.33. The molecule has 1 unspecified atom stereocenters. The van der Waals surface area contributed by atoms with Crippen LogP contribution in [0, 0.1) is 11.3 Å². The Bertz CT molecular complexity index is 213. The van der Waals surface area contributed by atoms with Gasteiger partial charge in [-0.2, -0.15) is 0 Å². The zero-order valence-electron chi connectivity index (χ0n) is 7.85. The Hall–Kier alpha value is -0.330. The van der Waals surface area contributed by atoms with E-state index in [9.17, 15) is 0 Å². The normalized spacial score (nSPS) is 34.6. The van der Waals surface area contributed by atoms with Crippen LogP contribution in [0.5, 0.6) is 0 Å². The molecule has 2 aliphatic heterocycles. The topological polar surface area (TPSA) is 3.01 Å². The summed E-state index contributed by atoms with van der Waals surface area (Å²) in [6.07, 6.45) is 2.76. The quantitative estimate of drug-likeness (QED) is 0.466. The van der Waals surface area contributed by atoms with Crippen molar-refractivity contribution in [2.75, 3.05) is 13.1 Å². The lowest BCUT2D eigenvalue weighted by atomic mass is 9.80. The van der Waals surface area contributed by atoms with E-state index < -0.39 is 0 Å². The third-order valence-electron chi connectivity index (χ3n) is 3.34. The molecule has 1 nitrogen and oxygen atoms in total. The molecule has 2 rings (SSSR count). The average Bonchev–Trinajstić information content (AvgIpc) is 2.38.